The summed E-state index contributed by atoms with van der Waals surface area (Å²) in [6, 6.07) is 9.66. The number of piperidine rings is 1. The van der Waals surface area contributed by atoms with Crippen LogP contribution in [0, 0.1) is 24.5 Å². The molecular formula is C33H51N7O2S. The van der Waals surface area contributed by atoms with Crippen molar-refractivity contribution in [1.82, 2.24) is 29.4 Å². The van der Waals surface area contributed by atoms with Crippen molar-refractivity contribution < 1.29 is 9.00 Å². The average Bonchev–Trinajstić information content (AvgIpc) is 3.85. The van der Waals surface area contributed by atoms with Gasteiger partial charge in [0, 0.05) is 68.8 Å². The summed E-state index contributed by atoms with van der Waals surface area (Å²) < 4.78 is 23.8. The molecule has 2 aliphatic heterocycles. The minimum Gasteiger partial charge on any atom is -0.359 e. The third-order valence-electron chi connectivity index (χ3n) is 10.3. The van der Waals surface area contributed by atoms with Crippen molar-refractivity contribution in [3.05, 3.63) is 59.2 Å². The lowest BCUT2D eigenvalue weighted by atomic mass is 9.82. The maximum absolute atomic E-state index is 13.2. The van der Waals surface area contributed by atoms with E-state index in [0.29, 0.717) is 24.5 Å². The quantitative estimate of drug-likeness (QED) is 0.256. The van der Waals surface area contributed by atoms with Crippen LogP contribution in [0.5, 0.6) is 0 Å². The van der Waals surface area contributed by atoms with Crippen molar-refractivity contribution >= 4 is 16.3 Å². The van der Waals surface area contributed by atoms with E-state index in [9.17, 15) is 9.00 Å². The minimum atomic E-state index is -2.63. The zero-order valence-electron chi connectivity index (χ0n) is 26.5. The van der Waals surface area contributed by atoms with Crippen LogP contribution in [0.2, 0.25) is 0 Å². The van der Waals surface area contributed by atoms with E-state index in [2.05, 4.69) is 70.1 Å². The Bertz CT molecular complexity index is 1340. The third kappa shape index (κ3) is 7.47. The van der Waals surface area contributed by atoms with Crippen LogP contribution in [0.3, 0.4) is 0 Å². The van der Waals surface area contributed by atoms with Crippen LogP contribution < -0.4 is 5.32 Å². The molecule has 1 saturated carbocycles. The summed E-state index contributed by atoms with van der Waals surface area (Å²) in [4.78, 5) is 25.1. The predicted molar refractivity (Wildman–Crippen MR) is 172 cm³/mol. The van der Waals surface area contributed by atoms with Gasteiger partial charge < -0.3 is 5.32 Å². The van der Waals surface area contributed by atoms with Gasteiger partial charge in [0.25, 0.3) is 0 Å². The minimum absolute atomic E-state index is 0.0695. The van der Waals surface area contributed by atoms with Gasteiger partial charge in [-0.15, -0.1) is 0 Å². The standard InChI is InChI=1S/C33H51N7O2S/c1-25-6-5-7-29(20-25)32(28-11-16-39(17-12-28)43(34,42)31-8-9-31)40-19-18-38(22-26(40)2)33(4,14-15-35-24-41)13-10-30-21-36-23-37-27(30)3/h5-7,20-21,23-24,26,28,31-32,34H,8-19,22H2,1-4H3,(H,35,41). The van der Waals surface area contributed by atoms with Gasteiger partial charge in [-0.05, 0) is 89.7 Å². The van der Waals surface area contributed by atoms with E-state index in [1.54, 1.807) is 6.33 Å². The number of benzene rings is 1. The molecule has 2 saturated heterocycles. The van der Waals surface area contributed by atoms with Gasteiger partial charge in [-0.2, -0.15) is 0 Å². The molecule has 1 amide bonds. The second kappa shape index (κ2) is 13.7. The molecule has 0 radical (unpaired) electrons. The Morgan fingerprint density at radius 3 is 2.56 bits per heavy atom. The molecule has 4 atom stereocenters. The fraction of sp³-hybridized carbons (Fsp3) is 0.667. The van der Waals surface area contributed by atoms with E-state index < -0.39 is 9.92 Å². The lowest BCUT2D eigenvalue weighted by Gasteiger charge is -2.52. The largest absolute Gasteiger partial charge is 0.359 e. The van der Waals surface area contributed by atoms with Crippen LogP contribution in [0.1, 0.15) is 80.8 Å². The van der Waals surface area contributed by atoms with Crippen molar-refractivity contribution in [3.63, 3.8) is 0 Å². The molecule has 2 N–H and O–H groups in total. The van der Waals surface area contributed by atoms with Crippen molar-refractivity contribution in [1.29, 1.82) is 4.78 Å². The maximum Gasteiger partial charge on any atom is 0.207 e. The first-order chi connectivity index (χ1) is 20.6. The van der Waals surface area contributed by atoms with Gasteiger partial charge in [-0.3, -0.25) is 14.6 Å². The second-order valence-corrected chi connectivity index (χ2v) is 15.7. The van der Waals surface area contributed by atoms with Gasteiger partial charge in [0.1, 0.15) is 16.2 Å². The first kappa shape index (κ1) is 32.0. The number of carbonyl (C=O) groups is 1. The van der Waals surface area contributed by atoms with Crippen molar-refractivity contribution in [2.24, 2.45) is 5.92 Å². The SMILES string of the molecule is Cc1cccc(C(C2CCN(S(=N)(=O)C3CC3)CC2)N2CCN(C(C)(CCNC=O)CCc3cncnc3C)CC2C)c1. The molecule has 10 heteroatoms. The molecule has 1 aromatic heterocycles. The van der Waals surface area contributed by atoms with Gasteiger partial charge in [-0.1, -0.05) is 29.8 Å². The highest BCUT2D eigenvalue weighted by molar-refractivity contribution is 7.91. The Morgan fingerprint density at radius 2 is 1.91 bits per heavy atom. The summed E-state index contributed by atoms with van der Waals surface area (Å²) in [5, 5.41) is 2.99. The normalized spacial score (nSPS) is 24.6. The smallest absolute Gasteiger partial charge is 0.207 e. The molecule has 3 heterocycles. The van der Waals surface area contributed by atoms with E-state index in [1.165, 1.54) is 16.7 Å². The molecule has 1 aromatic carbocycles. The number of hydrogen-bond acceptors (Lipinski definition) is 7. The number of rotatable bonds is 13. The van der Waals surface area contributed by atoms with Gasteiger partial charge in [-0.25, -0.2) is 23.3 Å². The number of amides is 1. The molecule has 3 fully saturated rings. The number of carbonyl (C=O) groups excluding carboxylic acids is 1. The number of nitrogens with one attached hydrogen (secondary N) is 2. The molecular weight excluding hydrogens is 558 g/mol. The molecule has 9 nitrogen and oxygen atoms in total. The van der Waals surface area contributed by atoms with E-state index in [1.807, 2.05) is 17.4 Å². The Labute approximate surface area is 258 Å². The van der Waals surface area contributed by atoms with Crippen LogP contribution in [0.25, 0.3) is 0 Å². The lowest BCUT2D eigenvalue weighted by Crippen LogP contribution is -2.61. The molecule has 5 rings (SSSR count). The van der Waals surface area contributed by atoms with Crippen LogP contribution in [0.4, 0.5) is 0 Å². The molecule has 3 aliphatic rings. The van der Waals surface area contributed by atoms with Crippen molar-refractivity contribution in [3.8, 4) is 0 Å². The molecule has 0 spiro atoms. The van der Waals surface area contributed by atoms with Crippen LogP contribution in [-0.2, 0) is 21.1 Å². The van der Waals surface area contributed by atoms with Gasteiger partial charge >= 0.3 is 0 Å². The number of aryl methyl sites for hydroxylation is 3. The van der Waals surface area contributed by atoms with E-state index >= 15 is 0 Å². The summed E-state index contributed by atoms with van der Waals surface area (Å²) in [5.41, 5.74) is 4.81. The molecule has 236 valence electrons. The van der Waals surface area contributed by atoms with E-state index in [-0.39, 0.29) is 10.8 Å². The third-order valence-corrected chi connectivity index (χ3v) is 12.8. The Hall–Kier alpha value is -2.40. The Balaban J connectivity index is 1.32. The number of nitrogens with zero attached hydrogens (tertiary/aromatic N) is 5. The lowest BCUT2D eigenvalue weighted by molar-refractivity contribution is -0.109. The second-order valence-electron chi connectivity index (χ2n) is 13.4. The average molecular weight is 610 g/mol. The molecule has 0 bridgehead atoms. The summed E-state index contributed by atoms with van der Waals surface area (Å²) in [6.07, 6.45) is 11.0. The fourth-order valence-electron chi connectivity index (χ4n) is 7.44. The predicted octanol–water partition coefficient (Wildman–Crippen LogP) is 4.50. The van der Waals surface area contributed by atoms with E-state index in [4.69, 9.17) is 4.78 Å². The maximum atomic E-state index is 13.2. The van der Waals surface area contributed by atoms with Gasteiger partial charge in [0.15, 0.2) is 0 Å². The summed E-state index contributed by atoms with van der Waals surface area (Å²) in [6.45, 7) is 14.0. The summed E-state index contributed by atoms with van der Waals surface area (Å²) in [5.74, 6) is 0.464. The highest BCUT2D eigenvalue weighted by atomic mass is 32.2. The fourth-order valence-corrected chi connectivity index (χ4v) is 9.39. The highest BCUT2D eigenvalue weighted by Crippen LogP contribution is 2.41. The van der Waals surface area contributed by atoms with Crippen molar-refractivity contribution in [2.75, 3.05) is 39.3 Å². The van der Waals surface area contributed by atoms with Crippen LogP contribution in [-0.4, -0.2) is 90.8 Å². The first-order valence-corrected chi connectivity index (χ1v) is 17.7. The molecule has 2 aromatic rings. The molecule has 43 heavy (non-hydrogen) atoms. The van der Waals surface area contributed by atoms with Crippen LogP contribution in [0.15, 0.2) is 36.8 Å². The summed E-state index contributed by atoms with van der Waals surface area (Å²) in [7, 11) is -2.63. The topological polar surface area (TPSA) is 106 Å². The molecule has 1 aliphatic carbocycles. The zero-order valence-corrected chi connectivity index (χ0v) is 27.3. The first-order valence-electron chi connectivity index (χ1n) is 16.1. The van der Waals surface area contributed by atoms with E-state index in [0.717, 1.165) is 89.8 Å². The van der Waals surface area contributed by atoms with Gasteiger partial charge in [0.05, 0.1) is 5.25 Å². The monoisotopic (exact) mass is 609 g/mol. The molecule has 4 unspecified atom stereocenters. The number of hydrogen-bond donors (Lipinski definition) is 2. The number of piperazine rings is 1. The Kier molecular flexibility index (Phi) is 10.2. The van der Waals surface area contributed by atoms with Crippen molar-refractivity contribution in [2.45, 2.75) is 95.5 Å². The zero-order chi connectivity index (χ0) is 30.6. The highest BCUT2D eigenvalue weighted by Gasteiger charge is 2.43. The van der Waals surface area contributed by atoms with Crippen LogP contribution >= 0.6 is 0 Å². The summed E-state index contributed by atoms with van der Waals surface area (Å²) >= 11 is 0. The van der Waals surface area contributed by atoms with Gasteiger partial charge in [0.2, 0.25) is 6.41 Å². The Morgan fingerprint density at radius 1 is 1.14 bits per heavy atom. The number of aromatic nitrogens is 2.